The number of carbonyl (C=O) groups is 1. The van der Waals surface area contributed by atoms with E-state index in [0.29, 0.717) is 6.42 Å². The van der Waals surface area contributed by atoms with Gasteiger partial charge in [-0.3, -0.25) is 4.79 Å². The summed E-state index contributed by atoms with van der Waals surface area (Å²) in [6, 6.07) is 0. The van der Waals surface area contributed by atoms with Gasteiger partial charge in [0.2, 0.25) is 0 Å². The van der Waals surface area contributed by atoms with Crippen LogP contribution in [-0.4, -0.2) is 12.1 Å². The Morgan fingerprint density at radius 2 is 2.00 bits per heavy atom. The molecular weight excluding hydrogens is 176 g/mol. The monoisotopic (exact) mass is 196 g/mol. The highest BCUT2D eigenvalue weighted by Gasteiger charge is 2.08. The van der Waals surface area contributed by atoms with E-state index in [4.69, 9.17) is 4.74 Å². The van der Waals surface area contributed by atoms with Crippen molar-refractivity contribution in [3.05, 3.63) is 12.2 Å². The predicted octanol–water partition coefficient (Wildman–Crippen LogP) is 3.22. The maximum Gasteiger partial charge on any atom is 0.306 e. The second-order valence-electron chi connectivity index (χ2n) is 3.95. The van der Waals surface area contributed by atoms with Gasteiger partial charge >= 0.3 is 5.97 Å². The molecule has 0 N–H and O–H groups in total. The second-order valence-corrected chi connectivity index (χ2v) is 3.95. The van der Waals surface area contributed by atoms with Gasteiger partial charge in [-0.1, -0.05) is 18.6 Å². The largest absolute Gasteiger partial charge is 0.463 e. The van der Waals surface area contributed by atoms with Crippen LogP contribution in [0, 0.1) is 0 Å². The van der Waals surface area contributed by atoms with Crippen LogP contribution in [0.4, 0.5) is 0 Å². The highest BCUT2D eigenvalue weighted by molar-refractivity contribution is 5.69. The van der Waals surface area contributed by atoms with Gasteiger partial charge in [0.1, 0.15) is 0 Å². The Labute approximate surface area is 86.3 Å². The van der Waals surface area contributed by atoms with Crippen molar-refractivity contribution in [2.75, 3.05) is 0 Å². The lowest BCUT2D eigenvalue weighted by Crippen LogP contribution is -2.14. The summed E-state index contributed by atoms with van der Waals surface area (Å²) >= 11 is 0. The first-order valence-electron chi connectivity index (χ1n) is 5.63. The molecule has 0 aromatic heterocycles. The molecule has 0 aromatic rings. The number of hydrogen-bond donors (Lipinski definition) is 0. The van der Waals surface area contributed by atoms with E-state index in [9.17, 15) is 4.79 Å². The van der Waals surface area contributed by atoms with E-state index in [1.54, 1.807) is 0 Å². The van der Waals surface area contributed by atoms with E-state index in [2.05, 4.69) is 12.2 Å². The third-order valence-electron chi connectivity index (χ3n) is 2.49. The Morgan fingerprint density at radius 3 is 2.86 bits per heavy atom. The average Bonchev–Trinajstić information content (AvgIpc) is 2.13. The van der Waals surface area contributed by atoms with Crippen LogP contribution in [0.1, 0.15) is 51.9 Å². The molecule has 0 aliphatic carbocycles. The summed E-state index contributed by atoms with van der Waals surface area (Å²) in [5.41, 5.74) is 0. The Kier molecular flexibility index (Phi) is 5.35. The van der Waals surface area contributed by atoms with Crippen molar-refractivity contribution in [1.29, 1.82) is 0 Å². The highest BCUT2D eigenvalue weighted by Crippen LogP contribution is 2.10. The zero-order valence-corrected chi connectivity index (χ0v) is 9.00. The van der Waals surface area contributed by atoms with Gasteiger partial charge in [-0.2, -0.15) is 0 Å². The standard InChI is InChI=1S/C12H20O2/c1-11-9-7-5-3-2-4-6-8-10-12(13)14-11/h3,5,11H,2,4,6-10H2,1H3/b5-3-. The van der Waals surface area contributed by atoms with Gasteiger partial charge in [0, 0.05) is 6.42 Å². The normalized spacial score (nSPS) is 28.4. The third-order valence-corrected chi connectivity index (χ3v) is 2.49. The van der Waals surface area contributed by atoms with E-state index in [0.717, 1.165) is 32.1 Å². The van der Waals surface area contributed by atoms with Crippen LogP contribution in [-0.2, 0) is 9.53 Å². The van der Waals surface area contributed by atoms with Crippen molar-refractivity contribution in [3.8, 4) is 0 Å². The molecule has 14 heavy (non-hydrogen) atoms. The van der Waals surface area contributed by atoms with Crippen LogP contribution in [0.5, 0.6) is 0 Å². The van der Waals surface area contributed by atoms with Gasteiger partial charge in [-0.15, -0.1) is 0 Å². The zero-order valence-electron chi connectivity index (χ0n) is 9.00. The summed E-state index contributed by atoms with van der Waals surface area (Å²) < 4.78 is 5.25. The van der Waals surface area contributed by atoms with Crippen LogP contribution < -0.4 is 0 Å². The number of carbonyl (C=O) groups excluding carboxylic acids is 1. The van der Waals surface area contributed by atoms with Crippen LogP contribution in [0.2, 0.25) is 0 Å². The van der Waals surface area contributed by atoms with Crippen molar-refractivity contribution < 1.29 is 9.53 Å². The first kappa shape index (κ1) is 11.3. The minimum atomic E-state index is -0.0259. The number of hydrogen-bond acceptors (Lipinski definition) is 2. The Balaban J connectivity index is 2.35. The maximum absolute atomic E-state index is 11.3. The summed E-state index contributed by atoms with van der Waals surface area (Å²) in [6.07, 6.45) is 11.5. The quantitative estimate of drug-likeness (QED) is 0.439. The lowest BCUT2D eigenvalue weighted by molar-refractivity contribution is -0.148. The summed E-state index contributed by atoms with van der Waals surface area (Å²) in [5.74, 6) is -0.0259. The molecule has 0 radical (unpaired) electrons. The molecule has 1 aliphatic rings. The number of esters is 1. The SMILES string of the molecule is CC1CC/C=C\CCCCCC(=O)O1. The molecule has 0 spiro atoms. The van der Waals surface area contributed by atoms with E-state index >= 15 is 0 Å². The predicted molar refractivity (Wildman–Crippen MR) is 57.0 cm³/mol. The minimum absolute atomic E-state index is 0.0259. The zero-order chi connectivity index (χ0) is 10.2. The molecule has 0 fully saturated rings. The van der Waals surface area contributed by atoms with Crippen LogP contribution in [0.15, 0.2) is 12.2 Å². The van der Waals surface area contributed by atoms with E-state index in [-0.39, 0.29) is 12.1 Å². The first-order chi connectivity index (χ1) is 6.79. The molecule has 0 aromatic carbocycles. The van der Waals surface area contributed by atoms with Crippen LogP contribution >= 0.6 is 0 Å². The fourth-order valence-corrected chi connectivity index (χ4v) is 1.62. The Hall–Kier alpha value is -0.790. The number of allylic oxidation sites excluding steroid dienone is 2. The lowest BCUT2D eigenvalue weighted by Gasteiger charge is -2.12. The van der Waals surface area contributed by atoms with Gasteiger partial charge in [-0.05, 0) is 39.0 Å². The van der Waals surface area contributed by atoms with Crippen molar-refractivity contribution in [3.63, 3.8) is 0 Å². The Bertz CT molecular complexity index is 196. The summed E-state index contributed by atoms with van der Waals surface area (Å²) in [5, 5.41) is 0. The van der Waals surface area contributed by atoms with Crippen LogP contribution in [0.3, 0.4) is 0 Å². The van der Waals surface area contributed by atoms with Gasteiger partial charge < -0.3 is 4.74 Å². The third kappa shape index (κ3) is 5.05. The van der Waals surface area contributed by atoms with Crippen molar-refractivity contribution in [1.82, 2.24) is 0 Å². The van der Waals surface area contributed by atoms with E-state index in [1.165, 1.54) is 6.42 Å². The molecule has 1 unspecified atom stereocenters. The fraction of sp³-hybridized carbons (Fsp3) is 0.750. The molecular formula is C12H20O2. The molecule has 2 heteroatoms. The summed E-state index contributed by atoms with van der Waals surface area (Å²) in [4.78, 5) is 11.3. The van der Waals surface area contributed by atoms with E-state index in [1.807, 2.05) is 6.92 Å². The molecule has 1 aliphatic heterocycles. The smallest absolute Gasteiger partial charge is 0.306 e. The van der Waals surface area contributed by atoms with Crippen molar-refractivity contribution >= 4 is 5.97 Å². The lowest BCUT2D eigenvalue weighted by atomic mass is 10.1. The molecule has 2 nitrogen and oxygen atoms in total. The minimum Gasteiger partial charge on any atom is -0.463 e. The topological polar surface area (TPSA) is 26.3 Å². The van der Waals surface area contributed by atoms with Crippen molar-refractivity contribution in [2.24, 2.45) is 0 Å². The molecule has 0 bridgehead atoms. The maximum atomic E-state index is 11.3. The average molecular weight is 196 g/mol. The molecule has 1 rings (SSSR count). The molecule has 0 amide bonds. The molecule has 1 heterocycles. The number of rotatable bonds is 0. The van der Waals surface area contributed by atoms with Gasteiger partial charge in [0.15, 0.2) is 0 Å². The van der Waals surface area contributed by atoms with E-state index < -0.39 is 0 Å². The summed E-state index contributed by atoms with van der Waals surface area (Å²) in [7, 11) is 0. The van der Waals surface area contributed by atoms with Crippen molar-refractivity contribution in [2.45, 2.75) is 58.0 Å². The van der Waals surface area contributed by atoms with Gasteiger partial charge in [-0.25, -0.2) is 0 Å². The van der Waals surface area contributed by atoms with Crippen LogP contribution in [0.25, 0.3) is 0 Å². The molecule has 0 saturated carbocycles. The molecule has 1 atom stereocenters. The number of ether oxygens (including phenoxy) is 1. The highest BCUT2D eigenvalue weighted by atomic mass is 16.5. The molecule has 0 saturated heterocycles. The Morgan fingerprint density at radius 1 is 1.21 bits per heavy atom. The van der Waals surface area contributed by atoms with Gasteiger partial charge in [0.05, 0.1) is 6.10 Å². The number of cyclic esters (lactones) is 1. The molecule has 80 valence electrons. The second kappa shape index (κ2) is 6.63. The fourth-order valence-electron chi connectivity index (χ4n) is 1.62. The first-order valence-corrected chi connectivity index (χ1v) is 5.63. The summed E-state index contributed by atoms with van der Waals surface area (Å²) in [6.45, 7) is 1.97. The van der Waals surface area contributed by atoms with Gasteiger partial charge in [0.25, 0.3) is 0 Å².